The Hall–Kier alpha value is -2.59. The number of fused-ring (bicyclic) bond motifs is 1. The molecule has 1 amide bonds. The summed E-state index contributed by atoms with van der Waals surface area (Å²) in [5.41, 5.74) is 3.85. The Bertz CT molecular complexity index is 1010. The highest BCUT2D eigenvalue weighted by Gasteiger charge is 2.35. The minimum Gasteiger partial charge on any atom is -0.324 e. The number of carbonyl (C=O) groups excluding carboxylic acids is 1. The first-order valence-electron chi connectivity index (χ1n) is 8.71. The molecule has 0 radical (unpaired) electrons. The summed E-state index contributed by atoms with van der Waals surface area (Å²) in [4.78, 5) is 19.4. The quantitative estimate of drug-likeness (QED) is 0.628. The van der Waals surface area contributed by atoms with Gasteiger partial charge in [0.05, 0.1) is 11.0 Å². The van der Waals surface area contributed by atoms with Gasteiger partial charge in [-0.15, -0.1) is 6.58 Å². The highest BCUT2D eigenvalue weighted by Crippen LogP contribution is 2.36. The van der Waals surface area contributed by atoms with Gasteiger partial charge in [0, 0.05) is 36.1 Å². The summed E-state index contributed by atoms with van der Waals surface area (Å²) < 4.78 is 2.16. The Morgan fingerprint density at radius 1 is 1.27 bits per heavy atom. The SMILES string of the molecule is C=CCn1c([C@@H]2CC(=O)N(c3cccc(Cl)c3C)C2)nc2ccccc21. The van der Waals surface area contributed by atoms with Gasteiger partial charge in [-0.25, -0.2) is 4.98 Å². The van der Waals surface area contributed by atoms with Crippen LogP contribution in [0.2, 0.25) is 5.02 Å². The molecular weight excluding hydrogens is 346 g/mol. The third kappa shape index (κ3) is 2.71. The Morgan fingerprint density at radius 2 is 2.08 bits per heavy atom. The van der Waals surface area contributed by atoms with E-state index in [2.05, 4.69) is 17.2 Å². The fourth-order valence-corrected chi connectivity index (χ4v) is 3.90. The number of benzene rings is 2. The van der Waals surface area contributed by atoms with E-state index < -0.39 is 0 Å². The van der Waals surface area contributed by atoms with Crippen LogP contribution in [-0.4, -0.2) is 22.0 Å². The highest BCUT2D eigenvalue weighted by atomic mass is 35.5. The summed E-state index contributed by atoms with van der Waals surface area (Å²) in [7, 11) is 0. The highest BCUT2D eigenvalue weighted by molar-refractivity contribution is 6.31. The standard InChI is InChI=1S/C21H20ClN3O/c1-3-11-24-19-9-5-4-8-17(19)23-21(24)15-12-20(26)25(13-15)18-10-6-7-16(22)14(18)2/h3-10,15H,1,11-13H2,2H3/t15-/m1/s1. The zero-order chi connectivity index (χ0) is 18.3. The van der Waals surface area contributed by atoms with Crippen molar-refractivity contribution in [3.63, 3.8) is 0 Å². The Labute approximate surface area is 157 Å². The smallest absolute Gasteiger partial charge is 0.227 e. The van der Waals surface area contributed by atoms with Gasteiger partial charge in [0.25, 0.3) is 0 Å². The van der Waals surface area contributed by atoms with Gasteiger partial charge in [-0.2, -0.15) is 0 Å². The molecule has 132 valence electrons. The van der Waals surface area contributed by atoms with Crippen molar-refractivity contribution in [3.05, 3.63) is 71.5 Å². The predicted molar refractivity (Wildman–Crippen MR) is 106 cm³/mol. The number of carbonyl (C=O) groups is 1. The summed E-state index contributed by atoms with van der Waals surface area (Å²) in [5.74, 6) is 1.10. The Balaban J connectivity index is 1.73. The van der Waals surface area contributed by atoms with Gasteiger partial charge in [0.2, 0.25) is 5.91 Å². The molecule has 0 saturated carbocycles. The molecule has 0 N–H and O–H groups in total. The molecule has 1 fully saturated rings. The lowest BCUT2D eigenvalue weighted by Gasteiger charge is -2.20. The summed E-state index contributed by atoms with van der Waals surface area (Å²) in [6, 6.07) is 13.8. The molecule has 1 saturated heterocycles. The first kappa shape index (κ1) is 16.9. The molecule has 0 spiro atoms. The van der Waals surface area contributed by atoms with Crippen molar-refractivity contribution in [3.8, 4) is 0 Å². The number of aromatic nitrogens is 2. The van der Waals surface area contributed by atoms with E-state index in [0.29, 0.717) is 24.5 Å². The van der Waals surface area contributed by atoms with Crippen LogP contribution in [0.25, 0.3) is 11.0 Å². The van der Waals surface area contributed by atoms with Crippen LogP contribution in [0.4, 0.5) is 5.69 Å². The molecule has 1 aliphatic rings. The average Bonchev–Trinajstić information content (AvgIpc) is 3.19. The third-order valence-electron chi connectivity index (χ3n) is 5.02. The minimum absolute atomic E-state index is 0.0493. The van der Waals surface area contributed by atoms with Crippen molar-refractivity contribution in [2.75, 3.05) is 11.4 Å². The number of amides is 1. The van der Waals surface area contributed by atoms with Crippen LogP contribution in [0.15, 0.2) is 55.1 Å². The van der Waals surface area contributed by atoms with E-state index in [4.69, 9.17) is 16.6 Å². The lowest BCUT2D eigenvalue weighted by atomic mass is 10.1. The predicted octanol–water partition coefficient (Wildman–Crippen LogP) is 4.70. The summed E-state index contributed by atoms with van der Waals surface area (Å²) >= 11 is 6.25. The van der Waals surface area contributed by atoms with Crippen LogP contribution in [-0.2, 0) is 11.3 Å². The van der Waals surface area contributed by atoms with Crippen molar-refractivity contribution in [2.24, 2.45) is 0 Å². The lowest BCUT2D eigenvalue weighted by molar-refractivity contribution is -0.117. The molecule has 0 aliphatic carbocycles. The Kier molecular flexibility index (Phi) is 4.29. The molecular formula is C21H20ClN3O. The van der Waals surface area contributed by atoms with Crippen molar-refractivity contribution >= 4 is 34.2 Å². The number of hydrogen-bond acceptors (Lipinski definition) is 2. The van der Waals surface area contributed by atoms with E-state index in [0.717, 1.165) is 28.1 Å². The second kappa shape index (κ2) is 6.61. The molecule has 5 heteroatoms. The number of anilines is 1. The van der Waals surface area contributed by atoms with Crippen molar-refractivity contribution in [2.45, 2.75) is 25.8 Å². The molecule has 4 nitrogen and oxygen atoms in total. The maximum absolute atomic E-state index is 12.7. The van der Waals surface area contributed by atoms with Crippen LogP contribution in [0.3, 0.4) is 0 Å². The largest absolute Gasteiger partial charge is 0.324 e. The Morgan fingerprint density at radius 3 is 2.88 bits per heavy atom. The van der Waals surface area contributed by atoms with E-state index >= 15 is 0 Å². The van der Waals surface area contributed by atoms with Crippen molar-refractivity contribution < 1.29 is 4.79 Å². The second-order valence-corrected chi connectivity index (χ2v) is 7.05. The van der Waals surface area contributed by atoms with Crippen LogP contribution < -0.4 is 4.90 Å². The molecule has 3 aromatic rings. The summed E-state index contributed by atoms with van der Waals surface area (Å²) in [6.45, 7) is 7.11. The molecule has 1 aliphatic heterocycles. The number of nitrogens with zero attached hydrogens (tertiary/aromatic N) is 3. The number of allylic oxidation sites excluding steroid dienone is 1. The van der Waals surface area contributed by atoms with Crippen molar-refractivity contribution in [1.29, 1.82) is 0 Å². The van der Waals surface area contributed by atoms with Gasteiger partial charge in [-0.3, -0.25) is 4.79 Å². The summed E-state index contributed by atoms with van der Waals surface area (Å²) in [5, 5.41) is 0.678. The normalized spacial score (nSPS) is 17.2. The monoisotopic (exact) mass is 365 g/mol. The number of rotatable bonds is 4. The molecule has 26 heavy (non-hydrogen) atoms. The van der Waals surface area contributed by atoms with E-state index in [1.165, 1.54) is 0 Å². The molecule has 1 aromatic heterocycles. The zero-order valence-electron chi connectivity index (χ0n) is 14.7. The second-order valence-electron chi connectivity index (χ2n) is 6.65. The third-order valence-corrected chi connectivity index (χ3v) is 5.43. The van der Waals surface area contributed by atoms with E-state index in [9.17, 15) is 4.79 Å². The average molecular weight is 366 g/mol. The number of para-hydroxylation sites is 2. The van der Waals surface area contributed by atoms with Crippen LogP contribution in [0.5, 0.6) is 0 Å². The molecule has 0 unspecified atom stereocenters. The van der Waals surface area contributed by atoms with Crippen molar-refractivity contribution in [1.82, 2.24) is 9.55 Å². The number of hydrogen-bond donors (Lipinski definition) is 0. The fraction of sp³-hybridized carbons (Fsp3) is 0.238. The molecule has 4 rings (SSSR count). The van der Waals surface area contributed by atoms with E-state index in [-0.39, 0.29) is 11.8 Å². The first-order valence-corrected chi connectivity index (χ1v) is 9.09. The zero-order valence-corrected chi connectivity index (χ0v) is 15.4. The van der Waals surface area contributed by atoms with Gasteiger partial charge in [0.1, 0.15) is 5.82 Å². The number of halogens is 1. The van der Waals surface area contributed by atoms with Crippen LogP contribution >= 0.6 is 11.6 Å². The van der Waals surface area contributed by atoms with Gasteiger partial charge < -0.3 is 9.47 Å². The van der Waals surface area contributed by atoms with Gasteiger partial charge in [-0.05, 0) is 36.8 Å². The van der Waals surface area contributed by atoms with Gasteiger partial charge in [-0.1, -0.05) is 35.9 Å². The molecule has 1 atom stereocenters. The first-order chi connectivity index (χ1) is 12.6. The van der Waals surface area contributed by atoms with Gasteiger partial charge >= 0.3 is 0 Å². The number of imidazole rings is 1. The van der Waals surface area contributed by atoms with Crippen LogP contribution in [0.1, 0.15) is 23.7 Å². The van der Waals surface area contributed by atoms with E-state index in [1.54, 1.807) is 0 Å². The minimum atomic E-state index is 0.0493. The maximum atomic E-state index is 12.7. The van der Waals surface area contributed by atoms with Crippen LogP contribution in [0, 0.1) is 6.92 Å². The molecule has 0 bridgehead atoms. The van der Waals surface area contributed by atoms with E-state index in [1.807, 2.05) is 54.3 Å². The summed E-state index contributed by atoms with van der Waals surface area (Å²) in [6.07, 6.45) is 2.32. The fourth-order valence-electron chi connectivity index (χ4n) is 3.73. The van der Waals surface area contributed by atoms with Gasteiger partial charge in [0.15, 0.2) is 0 Å². The molecule has 2 heterocycles. The lowest BCUT2D eigenvalue weighted by Crippen LogP contribution is -2.25. The maximum Gasteiger partial charge on any atom is 0.227 e. The molecule has 2 aromatic carbocycles. The topological polar surface area (TPSA) is 38.1 Å².